The second kappa shape index (κ2) is 9.74. The maximum absolute atomic E-state index is 4.94. The summed E-state index contributed by atoms with van der Waals surface area (Å²) in [6.45, 7) is 4.53. The van der Waals surface area contributed by atoms with E-state index in [-0.39, 0.29) is 1.43 Å². The van der Waals surface area contributed by atoms with E-state index in [2.05, 4.69) is 0 Å². The molecule has 0 atom stereocenters. The van der Waals surface area contributed by atoms with Gasteiger partial charge in [-0.3, -0.25) is 0 Å². The van der Waals surface area contributed by atoms with E-state index in [1.54, 1.807) is 6.26 Å². The average molecular weight is 214 g/mol. The van der Waals surface area contributed by atoms with Crippen molar-refractivity contribution in [3.8, 4) is 0 Å². The van der Waals surface area contributed by atoms with Gasteiger partial charge in [-0.05, 0) is 18.9 Å². The van der Waals surface area contributed by atoms with Gasteiger partial charge in [-0.1, -0.05) is 12.2 Å². The molecule has 3 heteroatoms. The van der Waals surface area contributed by atoms with Crippen molar-refractivity contribution in [2.75, 3.05) is 33.0 Å². The summed E-state index contributed by atoms with van der Waals surface area (Å²) in [4.78, 5) is 0. The van der Waals surface area contributed by atoms with Gasteiger partial charge in [0.2, 0.25) is 0 Å². The molecule has 3 aliphatic rings. The molecule has 1 fully saturated rings. The second-order valence-corrected chi connectivity index (χ2v) is 3.36. The summed E-state index contributed by atoms with van der Waals surface area (Å²) in [7, 11) is 0. The monoisotopic (exact) mass is 214 g/mol. The molecule has 0 radical (unpaired) electrons. The van der Waals surface area contributed by atoms with Crippen LogP contribution in [0.15, 0.2) is 24.5 Å². The lowest BCUT2D eigenvalue weighted by Crippen LogP contribution is -1.76. The van der Waals surface area contributed by atoms with Gasteiger partial charge in [0.05, 0.1) is 26.1 Å². The molecule has 3 rings (SSSR count). The minimum atomic E-state index is 0. The van der Waals surface area contributed by atoms with E-state index in [1.807, 2.05) is 18.2 Å². The van der Waals surface area contributed by atoms with Crippen molar-refractivity contribution < 1.29 is 15.6 Å². The molecule has 3 nitrogen and oxygen atoms in total. The van der Waals surface area contributed by atoms with Crippen LogP contribution in [0.3, 0.4) is 0 Å². The first-order valence-electron chi connectivity index (χ1n) is 5.57. The molecule has 0 spiro atoms. The molecule has 0 bridgehead atoms. The Bertz CT molecular complexity index is 153. The van der Waals surface area contributed by atoms with Gasteiger partial charge in [-0.2, -0.15) is 0 Å². The molecule has 0 aromatic heterocycles. The van der Waals surface area contributed by atoms with Gasteiger partial charge in [-0.25, -0.2) is 0 Å². The zero-order valence-electron chi connectivity index (χ0n) is 9.19. The maximum atomic E-state index is 4.94. The SMILES string of the molecule is C1=CCOC1.C1=COCC1.C1CCOC1.[HH]. The Morgan fingerprint density at radius 2 is 1.53 bits per heavy atom. The maximum Gasteiger partial charge on any atom is 0.0908 e. The molecule has 0 N–H and O–H groups in total. The first-order valence-corrected chi connectivity index (χ1v) is 5.57. The van der Waals surface area contributed by atoms with Crippen molar-refractivity contribution in [2.24, 2.45) is 0 Å². The van der Waals surface area contributed by atoms with Crippen molar-refractivity contribution in [3.05, 3.63) is 24.5 Å². The van der Waals surface area contributed by atoms with Crippen molar-refractivity contribution in [2.45, 2.75) is 19.3 Å². The van der Waals surface area contributed by atoms with Crippen molar-refractivity contribution >= 4 is 0 Å². The van der Waals surface area contributed by atoms with Gasteiger partial charge >= 0.3 is 0 Å². The first kappa shape index (κ1) is 12.3. The third-order valence-corrected chi connectivity index (χ3v) is 2.02. The number of hydrogen-bond donors (Lipinski definition) is 0. The summed E-state index contributed by atoms with van der Waals surface area (Å²) in [5.74, 6) is 0. The van der Waals surface area contributed by atoms with Crippen LogP contribution in [0.25, 0.3) is 0 Å². The summed E-state index contributed by atoms with van der Waals surface area (Å²) in [5.41, 5.74) is 0. The van der Waals surface area contributed by atoms with Gasteiger partial charge < -0.3 is 14.2 Å². The van der Waals surface area contributed by atoms with E-state index in [1.165, 1.54) is 12.8 Å². The van der Waals surface area contributed by atoms with Gasteiger partial charge in [-0.15, -0.1) is 0 Å². The third-order valence-electron chi connectivity index (χ3n) is 2.02. The molecule has 15 heavy (non-hydrogen) atoms. The van der Waals surface area contributed by atoms with Crippen LogP contribution in [-0.2, 0) is 14.2 Å². The van der Waals surface area contributed by atoms with Crippen LogP contribution in [0.4, 0.5) is 0 Å². The van der Waals surface area contributed by atoms with Crippen LogP contribution in [-0.4, -0.2) is 33.0 Å². The molecule has 88 valence electrons. The molecule has 0 saturated carbocycles. The van der Waals surface area contributed by atoms with Crippen LogP contribution in [0, 0.1) is 0 Å². The van der Waals surface area contributed by atoms with Crippen LogP contribution in [0.1, 0.15) is 20.7 Å². The van der Waals surface area contributed by atoms with Crippen molar-refractivity contribution in [1.29, 1.82) is 0 Å². The smallest absolute Gasteiger partial charge is 0.0908 e. The average Bonchev–Trinajstić information content (AvgIpc) is 3.09. The lowest BCUT2D eigenvalue weighted by Gasteiger charge is -1.79. The lowest BCUT2D eigenvalue weighted by molar-refractivity contribution is 0.198. The van der Waals surface area contributed by atoms with Crippen LogP contribution in [0.5, 0.6) is 0 Å². The molecule has 0 aliphatic carbocycles. The second-order valence-electron chi connectivity index (χ2n) is 3.36. The van der Waals surface area contributed by atoms with Crippen LogP contribution < -0.4 is 0 Å². The molecule has 1 saturated heterocycles. The topological polar surface area (TPSA) is 27.7 Å². The highest BCUT2D eigenvalue weighted by molar-refractivity contribution is 4.86. The molecule has 3 heterocycles. The fourth-order valence-electron chi connectivity index (χ4n) is 1.19. The Balaban J connectivity index is 0.000000205. The predicted molar refractivity (Wildman–Crippen MR) is 61.8 cm³/mol. The zero-order valence-corrected chi connectivity index (χ0v) is 9.19. The summed E-state index contributed by atoms with van der Waals surface area (Å²) in [6, 6.07) is 0. The lowest BCUT2D eigenvalue weighted by atomic mass is 10.4. The summed E-state index contributed by atoms with van der Waals surface area (Å²) >= 11 is 0. The molecular formula is C12H22O3. The molecular weight excluding hydrogens is 192 g/mol. The minimum absolute atomic E-state index is 0. The normalized spacial score (nSPS) is 21.3. The number of ether oxygens (including phenoxy) is 3. The van der Waals surface area contributed by atoms with E-state index < -0.39 is 0 Å². The predicted octanol–water partition coefficient (Wildman–Crippen LogP) is 2.54. The zero-order chi connectivity index (χ0) is 10.6. The first-order chi connectivity index (χ1) is 7.50. The van der Waals surface area contributed by atoms with Gasteiger partial charge in [0.25, 0.3) is 0 Å². The highest BCUT2D eigenvalue weighted by Crippen LogP contribution is 1.98. The standard InChI is InChI=1S/C4H8O.2C4H6O.H2/c3*1-2-4-5-3-1;/h1-4H2;1,3H,2,4H2;1-2H,3-4H2;1H. The summed E-state index contributed by atoms with van der Waals surface area (Å²) < 4.78 is 14.5. The van der Waals surface area contributed by atoms with E-state index in [0.29, 0.717) is 0 Å². The largest absolute Gasteiger partial charge is 0.501 e. The van der Waals surface area contributed by atoms with Crippen LogP contribution >= 0.6 is 0 Å². The Hall–Kier alpha value is -0.800. The summed E-state index contributed by atoms with van der Waals surface area (Å²) in [5, 5.41) is 0. The fourth-order valence-corrected chi connectivity index (χ4v) is 1.19. The highest BCUT2D eigenvalue weighted by Gasteiger charge is 1.94. The molecule has 0 amide bonds. The van der Waals surface area contributed by atoms with Gasteiger partial charge in [0.1, 0.15) is 0 Å². The van der Waals surface area contributed by atoms with Gasteiger partial charge in [0, 0.05) is 21.1 Å². The Kier molecular flexibility index (Phi) is 7.97. The Labute approximate surface area is 93.2 Å². The van der Waals surface area contributed by atoms with Crippen molar-refractivity contribution in [3.63, 3.8) is 0 Å². The van der Waals surface area contributed by atoms with E-state index in [0.717, 1.165) is 39.5 Å². The Morgan fingerprint density at radius 3 is 1.73 bits per heavy atom. The molecule has 3 aliphatic heterocycles. The number of rotatable bonds is 0. The van der Waals surface area contributed by atoms with Crippen molar-refractivity contribution in [1.82, 2.24) is 0 Å². The molecule has 0 aromatic rings. The Morgan fingerprint density at radius 1 is 0.800 bits per heavy atom. The van der Waals surface area contributed by atoms with E-state index >= 15 is 0 Å². The molecule has 0 unspecified atom stereocenters. The third kappa shape index (κ3) is 8.21. The summed E-state index contributed by atoms with van der Waals surface area (Å²) in [6.07, 6.45) is 11.4. The minimum Gasteiger partial charge on any atom is -0.501 e. The molecule has 0 aromatic carbocycles. The van der Waals surface area contributed by atoms with Crippen LogP contribution in [0.2, 0.25) is 0 Å². The highest BCUT2D eigenvalue weighted by atomic mass is 16.5. The quantitative estimate of drug-likeness (QED) is 0.580. The van der Waals surface area contributed by atoms with Gasteiger partial charge in [0.15, 0.2) is 0 Å². The number of hydrogen-bond acceptors (Lipinski definition) is 3. The van der Waals surface area contributed by atoms with E-state index in [4.69, 9.17) is 14.2 Å². The van der Waals surface area contributed by atoms with E-state index in [9.17, 15) is 0 Å². The fraction of sp³-hybridized carbons (Fsp3) is 0.667.